The van der Waals surface area contributed by atoms with E-state index in [1.807, 2.05) is 24.3 Å². The van der Waals surface area contributed by atoms with Crippen LogP contribution < -0.4 is 33.2 Å². The molecule has 1 heterocycles. The van der Waals surface area contributed by atoms with E-state index < -0.39 is 54.3 Å². The molecule has 0 saturated heterocycles. The van der Waals surface area contributed by atoms with Crippen molar-refractivity contribution >= 4 is 40.5 Å². The first kappa shape index (κ1) is 29.3. The molecule has 0 aliphatic rings. The molecule has 0 aliphatic carbocycles. The van der Waals surface area contributed by atoms with E-state index >= 15 is 0 Å². The average molecular weight is 518 g/mol. The van der Waals surface area contributed by atoms with Gasteiger partial charge < -0.3 is 43.2 Å². The molecule has 2 rings (SSSR count). The second-order valence-electron chi connectivity index (χ2n) is 8.70. The third-order valence-corrected chi connectivity index (χ3v) is 5.77. The summed E-state index contributed by atoms with van der Waals surface area (Å²) in [6, 6.07) is 4.23. The number of rotatable bonds is 16. The highest BCUT2D eigenvalue weighted by atomic mass is 16.4. The number of amides is 4. The number of carbonyl (C=O) groups is 5. The van der Waals surface area contributed by atoms with E-state index in [1.165, 1.54) is 0 Å². The number of unbranched alkanes of at least 4 members (excludes halogenated alkanes) is 1. The Morgan fingerprint density at radius 3 is 2.38 bits per heavy atom. The van der Waals surface area contributed by atoms with Gasteiger partial charge in [0.2, 0.25) is 23.6 Å². The van der Waals surface area contributed by atoms with Crippen LogP contribution in [0.2, 0.25) is 0 Å². The summed E-state index contributed by atoms with van der Waals surface area (Å²) in [4.78, 5) is 63.4. The standard InChI is InChI=1S/C24H35N7O6/c25-10-4-3-7-19(24(36)37)31-23(35)18(8-9-20(27)32)30-21(33)13-29-22(34)16(26)11-14-12-28-17-6-2-1-5-15(14)17/h1-2,5-6,12,16,18-19,28H,3-4,7-11,13,25-26H2,(H2,27,32)(H,29,34)(H,30,33)(H,31,35)(H,36,37). The fourth-order valence-electron chi connectivity index (χ4n) is 3.75. The Morgan fingerprint density at radius 1 is 0.973 bits per heavy atom. The van der Waals surface area contributed by atoms with Crippen molar-refractivity contribution in [1.82, 2.24) is 20.9 Å². The van der Waals surface area contributed by atoms with Gasteiger partial charge in [-0.15, -0.1) is 0 Å². The Labute approximate surface area is 213 Å². The van der Waals surface area contributed by atoms with Gasteiger partial charge in [0.05, 0.1) is 12.6 Å². The van der Waals surface area contributed by atoms with Crippen LogP contribution in [-0.2, 0) is 30.4 Å². The smallest absolute Gasteiger partial charge is 0.326 e. The lowest BCUT2D eigenvalue weighted by atomic mass is 10.1. The van der Waals surface area contributed by atoms with Crippen molar-refractivity contribution in [2.45, 2.75) is 56.7 Å². The van der Waals surface area contributed by atoms with E-state index in [0.717, 1.165) is 16.5 Å². The van der Waals surface area contributed by atoms with Gasteiger partial charge in [0, 0.05) is 23.5 Å². The summed E-state index contributed by atoms with van der Waals surface area (Å²) in [6.45, 7) is -0.0889. The van der Waals surface area contributed by atoms with E-state index in [-0.39, 0.29) is 25.7 Å². The SMILES string of the molecule is NCCCCC(NC(=O)C(CCC(N)=O)NC(=O)CNC(=O)C(N)Cc1c[nH]c2ccccc12)C(=O)O. The number of nitrogens with two attached hydrogens (primary N) is 3. The minimum Gasteiger partial charge on any atom is -0.480 e. The zero-order chi connectivity index (χ0) is 27.4. The highest BCUT2D eigenvalue weighted by Gasteiger charge is 2.27. The highest BCUT2D eigenvalue weighted by Crippen LogP contribution is 2.18. The number of benzene rings is 1. The maximum absolute atomic E-state index is 12.7. The van der Waals surface area contributed by atoms with Gasteiger partial charge in [-0.25, -0.2) is 4.79 Å². The summed E-state index contributed by atoms with van der Waals surface area (Å²) in [5.74, 6) is -3.99. The third-order valence-electron chi connectivity index (χ3n) is 5.77. The number of aliphatic carboxylic acids is 1. The molecule has 202 valence electrons. The average Bonchev–Trinajstić information content (AvgIpc) is 3.26. The molecule has 11 N–H and O–H groups in total. The van der Waals surface area contributed by atoms with Gasteiger partial charge in [-0.05, 0) is 50.3 Å². The van der Waals surface area contributed by atoms with Crippen LogP contribution in [0.4, 0.5) is 0 Å². The van der Waals surface area contributed by atoms with Crippen molar-refractivity contribution in [2.24, 2.45) is 17.2 Å². The topological polar surface area (TPSA) is 236 Å². The first-order chi connectivity index (χ1) is 17.6. The molecule has 0 fully saturated rings. The van der Waals surface area contributed by atoms with Crippen molar-refractivity contribution in [3.8, 4) is 0 Å². The number of aromatic nitrogens is 1. The van der Waals surface area contributed by atoms with Crippen LogP contribution in [-0.4, -0.2) is 70.9 Å². The molecule has 0 bridgehead atoms. The summed E-state index contributed by atoms with van der Waals surface area (Å²) >= 11 is 0. The molecule has 1 aromatic carbocycles. The summed E-state index contributed by atoms with van der Waals surface area (Å²) < 4.78 is 0. The minimum atomic E-state index is -1.23. The fraction of sp³-hybridized carbons (Fsp3) is 0.458. The Morgan fingerprint density at radius 2 is 1.70 bits per heavy atom. The highest BCUT2D eigenvalue weighted by molar-refractivity contribution is 5.93. The Hall–Kier alpha value is -3.97. The van der Waals surface area contributed by atoms with Crippen molar-refractivity contribution in [2.75, 3.05) is 13.1 Å². The maximum Gasteiger partial charge on any atom is 0.326 e. The Bertz CT molecular complexity index is 1100. The van der Waals surface area contributed by atoms with Crippen molar-refractivity contribution in [1.29, 1.82) is 0 Å². The number of primary amides is 1. The molecule has 3 unspecified atom stereocenters. The zero-order valence-electron chi connectivity index (χ0n) is 20.5. The number of para-hydroxylation sites is 1. The molecule has 2 aromatic rings. The van der Waals surface area contributed by atoms with Crippen LogP contribution >= 0.6 is 0 Å². The maximum atomic E-state index is 12.7. The number of fused-ring (bicyclic) bond motifs is 1. The second-order valence-corrected chi connectivity index (χ2v) is 8.70. The van der Waals surface area contributed by atoms with Gasteiger partial charge in [0.1, 0.15) is 12.1 Å². The summed E-state index contributed by atoms with van der Waals surface area (Å²) in [5, 5.41) is 17.5. The van der Waals surface area contributed by atoms with Crippen LogP contribution in [0.3, 0.4) is 0 Å². The van der Waals surface area contributed by atoms with E-state index in [2.05, 4.69) is 20.9 Å². The largest absolute Gasteiger partial charge is 0.480 e. The van der Waals surface area contributed by atoms with Gasteiger partial charge >= 0.3 is 5.97 Å². The number of carboxylic acid groups (broad SMARTS) is 1. The molecule has 37 heavy (non-hydrogen) atoms. The van der Waals surface area contributed by atoms with Crippen molar-refractivity contribution in [3.63, 3.8) is 0 Å². The first-order valence-electron chi connectivity index (χ1n) is 12.0. The molecule has 0 aliphatic heterocycles. The van der Waals surface area contributed by atoms with Crippen LogP contribution in [0.1, 0.15) is 37.7 Å². The lowest BCUT2D eigenvalue weighted by molar-refractivity contribution is -0.142. The molecule has 0 radical (unpaired) electrons. The molecular formula is C24H35N7O6. The number of hydrogen-bond acceptors (Lipinski definition) is 7. The van der Waals surface area contributed by atoms with E-state index in [4.69, 9.17) is 17.2 Å². The van der Waals surface area contributed by atoms with Gasteiger partial charge in [0.15, 0.2) is 0 Å². The van der Waals surface area contributed by atoms with Gasteiger partial charge in [0.25, 0.3) is 0 Å². The van der Waals surface area contributed by atoms with Crippen LogP contribution in [0.25, 0.3) is 10.9 Å². The van der Waals surface area contributed by atoms with E-state index in [0.29, 0.717) is 19.4 Å². The normalized spacial score (nSPS) is 13.4. The lowest BCUT2D eigenvalue weighted by Crippen LogP contribution is -2.54. The number of nitrogens with one attached hydrogen (secondary N) is 4. The molecular weight excluding hydrogens is 482 g/mol. The molecule has 0 spiro atoms. The monoisotopic (exact) mass is 517 g/mol. The van der Waals surface area contributed by atoms with Gasteiger partial charge in [-0.1, -0.05) is 18.2 Å². The number of carboxylic acids is 1. The molecule has 13 heteroatoms. The lowest BCUT2D eigenvalue weighted by Gasteiger charge is -2.21. The Balaban J connectivity index is 1.92. The Kier molecular flexibility index (Phi) is 11.5. The molecule has 13 nitrogen and oxygen atoms in total. The molecule has 3 atom stereocenters. The second kappa shape index (κ2) is 14.6. The number of H-pyrrole nitrogens is 1. The van der Waals surface area contributed by atoms with Crippen LogP contribution in [0, 0.1) is 0 Å². The molecule has 4 amide bonds. The van der Waals surface area contributed by atoms with E-state index in [9.17, 15) is 29.1 Å². The van der Waals surface area contributed by atoms with Crippen LogP contribution in [0.15, 0.2) is 30.5 Å². The molecule has 0 saturated carbocycles. The quantitative estimate of drug-likeness (QED) is 0.123. The summed E-state index contributed by atoms with van der Waals surface area (Å²) in [6.07, 6.45) is 2.87. The zero-order valence-corrected chi connectivity index (χ0v) is 20.5. The first-order valence-corrected chi connectivity index (χ1v) is 12.0. The van der Waals surface area contributed by atoms with Crippen molar-refractivity contribution < 1.29 is 29.1 Å². The van der Waals surface area contributed by atoms with Gasteiger partial charge in [-0.2, -0.15) is 0 Å². The predicted octanol–water partition coefficient (Wildman–Crippen LogP) is -1.40. The number of hydrogen-bond donors (Lipinski definition) is 8. The predicted molar refractivity (Wildman–Crippen MR) is 136 cm³/mol. The number of aromatic amines is 1. The minimum absolute atomic E-state index is 0.143. The summed E-state index contributed by atoms with van der Waals surface area (Å²) in [5.41, 5.74) is 18.4. The third kappa shape index (κ3) is 9.54. The van der Waals surface area contributed by atoms with Gasteiger partial charge in [-0.3, -0.25) is 19.2 Å². The molecule has 1 aromatic heterocycles. The van der Waals surface area contributed by atoms with Crippen LogP contribution in [0.5, 0.6) is 0 Å². The van der Waals surface area contributed by atoms with E-state index in [1.54, 1.807) is 6.20 Å². The fourth-order valence-corrected chi connectivity index (χ4v) is 3.75. The van der Waals surface area contributed by atoms with Crippen molar-refractivity contribution in [3.05, 3.63) is 36.0 Å². The summed E-state index contributed by atoms with van der Waals surface area (Å²) in [7, 11) is 0. The number of carbonyl (C=O) groups excluding carboxylic acids is 4.